The average Bonchev–Trinajstić information content (AvgIpc) is 4.06. The van der Waals surface area contributed by atoms with Gasteiger partial charge in [0.05, 0.1) is 40.5 Å². The van der Waals surface area contributed by atoms with Crippen LogP contribution in [0.2, 0.25) is 5.02 Å². The van der Waals surface area contributed by atoms with Crippen LogP contribution < -0.4 is 25.8 Å². The second-order valence-corrected chi connectivity index (χ2v) is 19.9. The summed E-state index contributed by atoms with van der Waals surface area (Å²) in [6.45, 7) is 20.6. The van der Waals surface area contributed by atoms with Crippen LogP contribution in [0.1, 0.15) is 93.9 Å². The lowest BCUT2D eigenvalue weighted by Gasteiger charge is -2.48. The number of alkyl halides is 2. The molecule has 4 aromatic rings. The first-order valence-electron chi connectivity index (χ1n) is 22.6. The summed E-state index contributed by atoms with van der Waals surface area (Å²) in [5.74, 6) is -0.360. The molecule has 1 aliphatic carbocycles. The number of nitrogens with one attached hydrogen (secondary N) is 3. The van der Waals surface area contributed by atoms with E-state index < -0.39 is 18.6 Å². The predicted molar refractivity (Wildman–Crippen MR) is 248 cm³/mol. The second kappa shape index (κ2) is 15.8. The van der Waals surface area contributed by atoms with E-state index in [2.05, 4.69) is 89.6 Å². The van der Waals surface area contributed by atoms with Crippen molar-refractivity contribution < 1.29 is 13.5 Å². The highest BCUT2D eigenvalue weighted by molar-refractivity contribution is 6.32. The molecule has 2 aromatic heterocycles. The van der Waals surface area contributed by atoms with Gasteiger partial charge in [-0.1, -0.05) is 43.5 Å². The maximum absolute atomic E-state index is 15.3. The molecule has 332 valence electrons. The van der Waals surface area contributed by atoms with Crippen LogP contribution >= 0.6 is 11.6 Å². The number of anilines is 4. The lowest BCUT2D eigenvalue weighted by molar-refractivity contribution is -0.0823. The molecule has 7 heterocycles. The van der Waals surface area contributed by atoms with Gasteiger partial charge < -0.3 is 30.5 Å². The molecule has 10 rings (SSSR count). The Hall–Kier alpha value is -5.14. The molecule has 4 fully saturated rings. The van der Waals surface area contributed by atoms with Crippen molar-refractivity contribution in [3.63, 3.8) is 0 Å². The Balaban J connectivity index is 0.775. The number of aryl methyl sites for hydroxylation is 1. The van der Waals surface area contributed by atoms with E-state index in [4.69, 9.17) is 26.4 Å². The molecular formula is C49H59ClF2N10O. The molecule has 5 aliphatic heterocycles. The molecule has 0 amide bonds. The van der Waals surface area contributed by atoms with E-state index in [0.29, 0.717) is 45.8 Å². The Morgan fingerprint density at radius 2 is 1.78 bits per heavy atom. The number of nitrogens with zero attached hydrogens (tertiary/aromatic N) is 7. The van der Waals surface area contributed by atoms with Gasteiger partial charge in [-0.25, -0.2) is 13.8 Å². The molecule has 1 saturated carbocycles. The fourth-order valence-corrected chi connectivity index (χ4v) is 10.9. The maximum atomic E-state index is 15.3. The Morgan fingerprint density at radius 1 is 0.984 bits per heavy atom. The number of hydrogen-bond acceptors (Lipinski definition) is 10. The number of piperidine rings is 3. The largest absolute Gasteiger partial charge is 0.483 e. The third-order valence-electron chi connectivity index (χ3n) is 14.7. The van der Waals surface area contributed by atoms with Crippen LogP contribution in [0.25, 0.3) is 16.6 Å². The topological polar surface area (TPSA) is 98.6 Å². The van der Waals surface area contributed by atoms with Crippen molar-refractivity contribution in [2.24, 2.45) is 18.9 Å². The van der Waals surface area contributed by atoms with Gasteiger partial charge in [0, 0.05) is 73.2 Å². The van der Waals surface area contributed by atoms with Gasteiger partial charge in [0.25, 0.3) is 0 Å². The number of rotatable bonds is 8. The summed E-state index contributed by atoms with van der Waals surface area (Å²) in [5.41, 5.74) is 9.18. The van der Waals surface area contributed by atoms with Crippen LogP contribution in [0.4, 0.5) is 31.9 Å². The molecule has 6 aliphatic rings. The molecule has 2 aromatic carbocycles. The van der Waals surface area contributed by atoms with Gasteiger partial charge in [-0.15, -0.1) is 0 Å². The monoisotopic (exact) mass is 876 g/mol. The molecule has 14 heteroatoms. The molecule has 3 saturated heterocycles. The van der Waals surface area contributed by atoms with Crippen molar-refractivity contribution in [2.75, 3.05) is 55.0 Å². The van der Waals surface area contributed by atoms with Crippen LogP contribution in [-0.4, -0.2) is 82.0 Å². The highest BCUT2D eigenvalue weighted by Crippen LogP contribution is 2.47. The SMILES string of the molecule is C=C1CCC(c2nn(C)c3cc(C4CCN(CC5CCN(c6ncc(Cl)c(Nc7ccc8c(c7)C7=C(OCC(F)(F)C(C9CC9)N7)C(=C)N8C)n6)CC5)C(C)(C)C4)ccc23)C(=C)N1. The van der Waals surface area contributed by atoms with E-state index in [1.807, 2.05) is 34.8 Å². The lowest BCUT2D eigenvalue weighted by atomic mass is 9.78. The summed E-state index contributed by atoms with van der Waals surface area (Å²) < 4.78 is 38.4. The molecule has 0 radical (unpaired) electrons. The number of halogens is 3. The quantitative estimate of drug-likeness (QED) is 0.159. The van der Waals surface area contributed by atoms with Crippen molar-refractivity contribution in [1.82, 2.24) is 35.3 Å². The minimum Gasteiger partial charge on any atom is -0.483 e. The zero-order valence-electron chi connectivity index (χ0n) is 36.9. The molecular weight excluding hydrogens is 818 g/mol. The first kappa shape index (κ1) is 41.8. The highest BCUT2D eigenvalue weighted by atomic mass is 35.5. The number of fused-ring (bicyclic) bond motifs is 3. The van der Waals surface area contributed by atoms with Crippen LogP contribution in [0, 0.1) is 11.8 Å². The zero-order valence-corrected chi connectivity index (χ0v) is 37.7. The fourth-order valence-electron chi connectivity index (χ4n) is 10.8. The number of aromatic nitrogens is 4. The number of hydrogen-bond donors (Lipinski definition) is 3. The van der Waals surface area contributed by atoms with E-state index >= 15 is 8.78 Å². The summed E-state index contributed by atoms with van der Waals surface area (Å²) in [7, 11) is 3.93. The Labute approximate surface area is 374 Å². The summed E-state index contributed by atoms with van der Waals surface area (Å²) >= 11 is 6.71. The van der Waals surface area contributed by atoms with Gasteiger partial charge in [-0.3, -0.25) is 9.58 Å². The first-order valence-corrected chi connectivity index (χ1v) is 23.0. The van der Waals surface area contributed by atoms with Crippen molar-refractivity contribution >= 4 is 51.3 Å². The number of likely N-dealkylation sites (N-methyl/N-ethyl adjacent to an activating group) is 1. The Bertz CT molecular complexity index is 2540. The Kier molecular flexibility index (Phi) is 10.5. The minimum absolute atomic E-state index is 0.0713. The summed E-state index contributed by atoms with van der Waals surface area (Å²) in [5, 5.41) is 16.6. The second-order valence-electron chi connectivity index (χ2n) is 19.5. The molecule has 0 bridgehead atoms. The molecule has 3 unspecified atom stereocenters. The molecule has 63 heavy (non-hydrogen) atoms. The molecule has 0 spiro atoms. The van der Waals surface area contributed by atoms with Crippen molar-refractivity contribution in [1.29, 1.82) is 0 Å². The molecule has 3 N–H and O–H groups in total. The third kappa shape index (κ3) is 7.83. The summed E-state index contributed by atoms with van der Waals surface area (Å²) in [6.07, 6.45) is 9.47. The van der Waals surface area contributed by atoms with Crippen LogP contribution in [0.3, 0.4) is 0 Å². The van der Waals surface area contributed by atoms with E-state index in [-0.39, 0.29) is 17.4 Å². The van der Waals surface area contributed by atoms with E-state index in [9.17, 15) is 0 Å². The predicted octanol–water partition coefficient (Wildman–Crippen LogP) is 9.80. The third-order valence-corrected chi connectivity index (χ3v) is 15.0. The van der Waals surface area contributed by atoms with Crippen LogP contribution in [-0.2, 0) is 11.8 Å². The lowest BCUT2D eigenvalue weighted by Crippen LogP contribution is -2.52. The van der Waals surface area contributed by atoms with Crippen LogP contribution in [0.5, 0.6) is 0 Å². The van der Waals surface area contributed by atoms with Gasteiger partial charge in [0.15, 0.2) is 18.2 Å². The zero-order chi connectivity index (χ0) is 43.9. The van der Waals surface area contributed by atoms with Crippen molar-refractivity contribution in [3.05, 3.63) is 107 Å². The van der Waals surface area contributed by atoms with Gasteiger partial charge in [0.2, 0.25) is 5.95 Å². The summed E-state index contributed by atoms with van der Waals surface area (Å²) in [6, 6.07) is 11.8. The smallest absolute Gasteiger partial charge is 0.301 e. The van der Waals surface area contributed by atoms with Crippen molar-refractivity contribution in [3.8, 4) is 0 Å². The van der Waals surface area contributed by atoms with Crippen molar-refractivity contribution in [2.45, 2.75) is 94.6 Å². The number of allylic oxidation sites excluding steroid dienone is 2. The van der Waals surface area contributed by atoms with Gasteiger partial charge in [-0.2, -0.15) is 10.1 Å². The number of benzene rings is 2. The standard InChI is InChI=1S/C49H59ClF2N10O/c1-28-8-13-36(29(2)54-28)42-37-14-11-33(22-41(37)60(7)58-42)34-18-21-62(48(4,5)24-34)26-31-16-19-61(20-17-31)47-53-25-39(50)46(57-47)55-35-12-15-40-38(23-35)43-44(30(3)59(40)6)63-27-49(51,52)45(56-43)32-9-10-32/h11-12,14-15,22-23,25,31-32,34,36,45,54,56H,1-3,8-10,13,16-21,24,26-27H2,4-7H3,(H,53,55,57). The van der Waals surface area contributed by atoms with Crippen LogP contribution in [0.15, 0.2) is 85.2 Å². The maximum Gasteiger partial charge on any atom is 0.301 e. The first-order chi connectivity index (χ1) is 30.1. The fraction of sp³-hybridized carbons (Fsp3) is 0.490. The highest BCUT2D eigenvalue weighted by Gasteiger charge is 2.52. The molecule has 3 atom stereocenters. The number of likely N-dealkylation sites (tertiary alicyclic amines) is 1. The van der Waals surface area contributed by atoms with Gasteiger partial charge >= 0.3 is 5.92 Å². The number of ether oxygens (including phenoxy) is 1. The van der Waals surface area contributed by atoms with E-state index in [1.165, 1.54) is 16.5 Å². The summed E-state index contributed by atoms with van der Waals surface area (Å²) in [4.78, 5) is 16.4. The Morgan fingerprint density at radius 3 is 2.52 bits per heavy atom. The average molecular weight is 878 g/mol. The minimum atomic E-state index is -3.01. The van der Waals surface area contributed by atoms with Gasteiger partial charge in [0.1, 0.15) is 5.02 Å². The van der Waals surface area contributed by atoms with E-state index in [1.54, 1.807) is 6.20 Å². The van der Waals surface area contributed by atoms with E-state index in [0.717, 1.165) is 112 Å². The molecule has 11 nitrogen and oxygen atoms in total. The van der Waals surface area contributed by atoms with Gasteiger partial charge in [-0.05, 0) is 119 Å². The normalized spacial score (nSPS) is 25.3.